The van der Waals surface area contributed by atoms with Crippen LogP contribution in [0.2, 0.25) is 0 Å². The molecule has 0 aromatic heterocycles. The van der Waals surface area contributed by atoms with Crippen molar-refractivity contribution >= 4 is 15.7 Å². The maximum absolute atomic E-state index is 11.7. The lowest BCUT2D eigenvalue weighted by atomic mass is 9.86. The molecule has 100 valence electrons. The molecule has 1 amide bonds. The van der Waals surface area contributed by atoms with E-state index in [-0.39, 0.29) is 35.9 Å². The van der Waals surface area contributed by atoms with Gasteiger partial charge in [-0.05, 0) is 25.7 Å². The van der Waals surface area contributed by atoms with Crippen LogP contribution in [0, 0.1) is 5.92 Å². The fourth-order valence-corrected chi connectivity index (χ4v) is 2.70. The van der Waals surface area contributed by atoms with E-state index < -0.39 is 9.84 Å². The maximum atomic E-state index is 11.7. The number of amides is 1. The number of sulfone groups is 1. The van der Waals surface area contributed by atoms with Crippen LogP contribution in [0.5, 0.6) is 0 Å². The maximum Gasteiger partial charge on any atom is 0.223 e. The van der Waals surface area contributed by atoms with Crippen molar-refractivity contribution in [1.29, 1.82) is 0 Å². The molecule has 0 radical (unpaired) electrons. The summed E-state index contributed by atoms with van der Waals surface area (Å²) in [5, 5.41) is 2.70. The summed E-state index contributed by atoms with van der Waals surface area (Å²) in [6, 6.07) is 0.222. The molecular formula is C11H22N2O3S. The van der Waals surface area contributed by atoms with E-state index in [9.17, 15) is 13.2 Å². The molecule has 0 atom stereocenters. The van der Waals surface area contributed by atoms with Crippen molar-refractivity contribution in [3.05, 3.63) is 0 Å². The molecule has 1 rings (SSSR count). The Bertz CT molecular complexity index is 346. The summed E-state index contributed by atoms with van der Waals surface area (Å²) in [5.41, 5.74) is 5.76. The first-order valence-electron chi connectivity index (χ1n) is 6.18. The highest BCUT2D eigenvalue weighted by Crippen LogP contribution is 2.22. The van der Waals surface area contributed by atoms with E-state index in [1.807, 2.05) is 0 Å². The number of hydrogen-bond donors (Lipinski definition) is 2. The largest absolute Gasteiger partial charge is 0.355 e. The van der Waals surface area contributed by atoms with Gasteiger partial charge in [0.2, 0.25) is 5.91 Å². The van der Waals surface area contributed by atoms with E-state index in [1.165, 1.54) is 0 Å². The molecule has 0 aromatic carbocycles. The summed E-state index contributed by atoms with van der Waals surface area (Å²) in [6.07, 6.45) is 3.39. The molecule has 1 aliphatic carbocycles. The Labute approximate surface area is 103 Å². The Kier molecular flexibility index (Phi) is 5.39. The highest BCUT2D eigenvalue weighted by atomic mass is 32.2. The fourth-order valence-electron chi connectivity index (χ4n) is 2.00. The van der Waals surface area contributed by atoms with Crippen LogP contribution in [-0.4, -0.2) is 38.4 Å². The van der Waals surface area contributed by atoms with Gasteiger partial charge in [-0.15, -0.1) is 0 Å². The smallest absolute Gasteiger partial charge is 0.223 e. The molecule has 0 heterocycles. The molecule has 1 fully saturated rings. The SMILES string of the molecule is CCS(=O)(=O)CCNC(=O)C1CCC(N)CC1. The van der Waals surface area contributed by atoms with E-state index in [4.69, 9.17) is 5.73 Å². The van der Waals surface area contributed by atoms with Gasteiger partial charge in [0.15, 0.2) is 9.84 Å². The zero-order valence-electron chi connectivity index (χ0n) is 10.3. The summed E-state index contributed by atoms with van der Waals surface area (Å²) in [4.78, 5) is 11.7. The fraction of sp³-hybridized carbons (Fsp3) is 0.909. The Morgan fingerprint density at radius 3 is 2.41 bits per heavy atom. The van der Waals surface area contributed by atoms with Crippen LogP contribution in [0.3, 0.4) is 0 Å². The van der Waals surface area contributed by atoms with E-state index >= 15 is 0 Å². The quantitative estimate of drug-likeness (QED) is 0.733. The highest BCUT2D eigenvalue weighted by Gasteiger charge is 2.24. The monoisotopic (exact) mass is 262 g/mol. The molecule has 17 heavy (non-hydrogen) atoms. The number of hydrogen-bond acceptors (Lipinski definition) is 4. The van der Waals surface area contributed by atoms with Crippen LogP contribution in [0.15, 0.2) is 0 Å². The molecule has 6 heteroatoms. The van der Waals surface area contributed by atoms with Crippen LogP contribution in [0.25, 0.3) is 0 Å². The zero-order valence-corrected chi connectivity index (χ0v) is 11.1. The minimum atomic E-state index is -2.99. The number of carbonyl (C=O) groups is 1. The summed E-state index contributed by atoms with van der Waals surface area (Å²) < 4.78 is 22.5. The van der Waals surface area contributed by atoms with Gasteiger partial charge in [0.25, 0.3) is 0 Å². The van der Waals surface area contributed by atoms with Crippen molar-refractivity contribution in [1.82, 2.24) is 5.32 Å². The van der Waals surface area contributed by atoms with E-state index in [0.29, 0.717) is 0 Å². The summed E-state index contributed by atoms with van der Waals surface area (Å²) in [7, 11) is -2.99. The molecular weight excluding hydrogens is 240 g/mol. The van der Waals surface area contributed by atoms with Gasteiger partial charge in [0.1, 0.15) is 0 Å². The third kappa shape index (κ3) is 5.04. The third-order valence-corrected chi connectivity index (χ3v) is 5.00. The lowest BCUT2D eigenvalue weighted by Crippen LogP contribution is -2.38. The van der Waals surface area contributed by atoms with Gasteiger partial charge < -0.3 is 11.1 Å². The van der Waals surface area contributed by atoms with Crippen molar-refractivity contribution in [2.45, 2.75) is 38.6 Å². The average molecular weight is 262 g/mol. The second-order valence-corrected chi connectivity index (χ2v) is 7.11. The molecule has 0 aromatic rings. The Morgan fingerprint density at radius 2 is 1.88 bits per heavy atom. The van der Waals surface area contributed by atoms with Gasteiger partial charge in [0, 0.05) is 24.3 Å². The van der Waals surface area contributed by atoms with E-state index in [2.05, 4.69) is 5.32 Å². The van der Waals surface area contributed by atoms with Gasteiger partial charge in [-0.25, -0.2) is 8.42 Å². The molecule has 0 spiro atoms. The van der Waals surface area contributed by atoms with E-state index in [1.54, 1.807) is 6.92 Å². The molecule has 0 aliphatic heterocycles. The minimum Gasteiger partial charge on any atom is -0.355 e. The molecule has 3 N–H and O–H groups in total. The predicted octanol–water partition coefficient (Wildman–Crippen LogP) is 0.0548. The normalized spacial score (nSPS) is 25.5. The van der Waals surface area contributed by atoms with Crippen LogP contribution < -0.4 is 11.1 Å². The van der Waals surface area contributed by atoms with E-state index in [0.717, 1.165) is 25.7 Å². The summed E-state index contributed by atoms with van der Waals surface area (Å²) in [6.45, 7) is 1.83. The first kappa shape index (κ1) is 14.4. The Balaban J connectivity index is 2.26. The number of nitrogens with one attached hydrogen (secondary N) is 1. The summed E-state index contributed by atoms with van der Waals surface area (Å²) >= 11 is 0. The number of nitrogens with two attached hydrogens (primary N) is 1. The molecule has 5 nitrogen and oxygen atoms in total. The average Bonchev–Trinajstić information content (AvgIpc) is 2.29. The summed E-state index contributed by atoms with van der Waals surface area (Å²) in [5.74, 6) is 0.144. The second kappa shape index (κ2) is 6.35. The van der Waals surface area contributed by atoms with Crippen molar-refractivity contribution in [3.8, 4) is 0 Å². The lowest BCUT2D eigenvalue weighted by Gasteiger charge is -2.25. The molecule has 0 unspecified atom stereocenters. The topological polar surface area (TPSA) is 89.3 Å². The van der Waals surface area contributed by atoms with Crippen molar-refractivity contribution in [2.75, 3.05) is 18.1 Å². The zero-order chi connectivity index (χ0) is 12.9. The standard InChI is InChI=1S/C11H22N2O3S/c1-2-17(15,16)8-7-13-11(14)9-3-5-10(12)6-4-9/h9-10H,2-8,12H2,1H3,(H,13,14). The van der Waals surface area contributed by atoms with Crippen molar-refractivity contribution < 1.29 is 13.2 Å². The first-order chi connectivity index (χ1) is 7.94. The van der Waals surface area contributed by atoms with Crippen LogP contribution in [-0.2, 0) is 14.6 Å². The van der Waals surface area contributed by atoms with Gasteiger partial charge in [-0.3, -0.25) is 4.79 Å². The third-order valence-electron chi connectivity index (χ3n) is 3.29. The predicted molar refractivity (Wildman–Crippen MR) is 67.3 cm³/mol. The minimum absolute atomic E-state index is 0.0131. The number of carbonyl (C=O) groups excluding carboxylic acids is 1. The van der Waals surface area contributed by atoms with Gasteiger partial charge >= 0.3 is 0 Å². The van der Waals surface area contributed by atoms with Gasteiger partial charge in [0.05, 0.1) is 5.75 Å². The number of rotatable bonds is 5. The molecule has 1 saturated carbocycles. The van der Waals surface area contributed by atoms with Crippen molar-refractivity contribution in [2.24, 2.45) is 11.7 Å². The van der Waals surface area contributed by atoms with Crippen LogP contribution in [0.4, 0.5) is 0 Å². The second-order valence-electron chi connectivity index (χ2n) is 4.64. The Morgan fingerprint density at radius 1 is 1.29 bits per heavy atom. The molecule has 0 bridgehead atoms. The van der Waals surface area contributed by atoms with Crippen LogP contribution in [0.1, 0.15) is 32.6 Å². The van der Waals surface area contributed by atoms with Crippen LogP contribution >= 0.6 is 0 Å². The highest BCUT2D eigenvalue weighted by molar-refractivity contribution is 7.91. The van der Waals surface area contributed by atoms with Gasteiger partial charge in [-0.1, -0.05) is 6.92 Å². The first-order valence-corrected chi connectivity index (χ1v) is 8.00. The van der Waals surface area contributed by atoms with Crippen molar-refractivity contribution in [3.63, 3.8) is 0 Å². The van der Waals surface area contributed by atoms with Gasteiger partial charge in [-0.2, -0.15) is 0 Å². The molecule has 0 saturated heterocycles. The Hall–Kier alpha value is -0.620. The lowest BCUT2D eigenvalue weighted by molar-refractivity contribution is -0.125. The molecule has 1 aliphatic rings.